The number of fused-ring (bicyclic) bond motifs is 1. The number of rotatable bonds is 5. The molecule has 0 spiro atoms. The van der Waals surface area contributed by atoms with E-state index in [4.69, 9.17) is 3.67 Å². The van der Waals surface area contributed by atoms with Gasteiger partial charge in [-0.3, -0.25) is 4.99 Å². The topological polar surface area (TPSA) is 118 Å². The van der Waals surface area contributed by atoms with E-state index in [0.29, 0.717) is 12.0 Å². The third-order valence-corrected chi connectivity index (χ3v) is 3.89. The normalized spacial score (nSPS) is 11.2. The van der Waals surface area contributed by atoms with E-state index < -0.39 is 12.0 Å². The number of benzene rings is 3. The third-order valence-electron chi connectivity index (χ3n) is 3.89. The van der Waals surface area contributed by atoms with E-state index in [0.717, 1.165) is 33.7 Å². The molecule has 0 saturated heterocycles. The number of hydrogen-bond donors (Lipinski definition) is 2. The second-order valence-corrected chi connectivity index (χ2v) is 5.54. The molecule has 0 bridgehead atoms. The van der Waals surface area contributed by atoms with Gasteiger partial charge < -0.3 is 15.7 Å². The Morgan fingerprint density at radius 2 is 1.63 bits per heavy atom. The number of carboxylic acid groups (broad SMARTS) is 1. The molecule has 3 aromatic carbocycles. The molecule has 3 aromatic rings. The van der Waals surface area contributed by atoms with Gasteiger partial charge in [0.15, 0.2) is 6.04 Å². The molecule has 27 heavy (non-hydrogen) atoms. The summed E-state index contributed by atoms with van der Waals surface area (Å²) in [7, 11) is 0. The third kappa shape index (κ3) is 5.86. The monoisotopic (exact) mass is 404 g/mol. The van der Waals surface area contributed by atoms with Crippen molar-refractivity contribution in [2.75, 3.05) is 0 Å². The first-order chi connectivity index (χ1) is 12.6. The maximum atomic E-state index is 11.5. The van der Waals surface area contributed by atoms with Crippen molar-refractivity contribution in [1.82, 2.24) is 0 Å². The zero-order chi connectivity index (χ0) is 18.9. The van der Waals surface area contributed by atoms with E-state index >= 15 is 0 Å². The average Bonchev–Trinajstić information content (AvgIpc) is 2.68. The second-order valence-electron chi connectivity index (χ2n) is 5.54. The summed E-state index contributed by atoms with van der Waals surface area (Å²) in [5, 5.41) is 21.3. The van der Waals surface area contributed by atoms with E-state index in [1.165, 1.54) is 6.21 Å². The molecule has 4 N–H and O–H groups in total. The van der Waals surface area contributed by atoms with Crippen LogP contribution in [0.5, 0.6) is 5.75 Å². The van der Waals surface area contributed by atoms with Crippen LogP contribution in [0.25, 0.3) is 10.8 Å². The number of carboxylic acids is 1. The molecule has 0 amide bonds. The summed E-state index contributed by atoms with van der Waals surface area (Å²) in [4.78, 5) is 15.7. The van der Waals surface area contributed by atoms with Crippen molar-refractivity contribution < 1.29 is 41.5 Å². The van der Waals surface area contributed by atoms with E-state index in [1.54, 1.807) is 6.07 Å². The van der Waals surface area contributed by atoms with Gasteiger partial charge in [0.05, 0.1) is 0 Å². The summed E-state index contributed by atoms with van der Waals surface area (Å²) in [5.74, 6) is -0.906. The molecule has 0 aliphatic carbocycles. The molecule has 0 aromatic heterocycles. The molecule has 3 rings (SSSR count). The number of aliphatic imine (C=N–C) groups is 1. The molecule has 0 fully saturated rings. The SMILES string of the molecule is O.O=C(O)C(Cc1ccccc1)N=Cc1c(O)ccc2ccccc12.[O]=[V]. The Morgan fingerprint density at radius 3 is 2.30 bits per heavy atom. The van der Waals surface area contributed by atoms with Gasteiger partial charge in [-0.1, -0.05) is 60.7 Å². The van der Waals surface area contributed by atoms with Gasteiger partial charge in [0, 0.05) is 18.2 Å². The van der Waals surface area contributed by atoms with Gasteiger partial charge in [-0.25, -0.2) is 4.79 Å². The maximum absolute atomic E-state index is 11.5. The molecule has 0 aliphatic heterocycles. The number of aliphatic carboxylic acids is 1. The summed E-state index contributed by atoms with van der Waals surface area (Å²) >= 11 is 1.06. The zero-order valence-electron chi connectivity index (χ0n) is 14.3. The van der Waals surface area contributed by atoms with Crippen LogP contribution < -0.4 is 0 Å². The van der Waals surface area contributed by atoms with Crippen LogP contribution in [-0.4, -0.2) is 33.9 Å². The number of carbonyl (C=O) groups is 1. The minimum atomic E-state index is -0.991. The number of phenolic OH excluding ortho intramolecular Hbond substituents is 1. The molecule has 7 heteroatoms. The van der Waals surface area contributed by atoms with Crippen LogP contribution in [0, 0.1) is 0 Å². The van der Waals surface area contributed by atoms with Crippen LogP contribution >= 0.6 is 0 Å². The van der Waals surface area contributed by atoms with Crippen LogP contribution in [0.1, 0.15) is 11.1 Å². The Bertz CT molecular complexity index is 915. The molecule has 0 saturated carbocycles. The predicted molar refractivity (Wildman–Crippen MR) is 99.1 cm³/mol. The standard InChI is InChI=1S/C20H17NO3.H2O.O.V/c22-19-11-10-15-8-4-5-9-16(15)17(19)13-21-18(20(23)24)12-14-6-2-1-3-7-14;;;/h1-11,13,18,22H,12H2,(H,23,24);1H2;;. The van der Waals surface area contributed by atoms with Gasteiger partial charge in [0.1, 0.15) is 5.75 Å². The Balaban J connectivity index is 0.00000118. The van der Waals surface area contributed by atoms with Gasteiger partial charge in [-0.05, 0) is 22.4 Å². The average molecular weight is 404 g/mol. The van der Waals surface area contributed by atoms with Gasteiger partial charge in [0.25, 0.3) is 0 Å². The van der Waals surface area contributed by atoms with Gasteiger partial charge in [0.2, 0.25) is 0 Å². The predicted octanol–water partition coefficient (Wildman–Crippen LogP) is 2.71. The van der Waals surface area contributed by atoms with Crippen LogP contribution in [-0.2, 0) is 32.3 Å². The Labute approximate surface area is 165 Å². The molecular weight excluding hydrogens is 385 g/mol. The Kier molecular flexibility index (Phi) is 9.09. The van der Waals surface area contributed by atoms with Crippen molar-refractivity contribution in [3.8, 4) is 5.75 Å². The minimum absolute atomic E-state index is 0. The molecule has 0 radical (unpaired) electrons. The zero-order valence-corrected chi connectivity index (χ0v) is 15.7. The van der Waals surface area contributed by atoms with Crippen LogP contribution in [0.3, 0.4) is 0 Å². The van der Waals surface area contributed by atoms with Crippen molar-refractivity contribution in [3.05, 3.63) is 77.9 Å². The van der Waals surface area contributed by atoms with Crippen molar-refractivity contribution in [2.45, 2.75) is 12.5 Å². The quantitative estimate of drug-likeness (QED) is 0.636. The molecule has 1 atom stereocenters. The summed E-state index contributed by atoms with van der Waals surface area (Å²) in [6.45, 7) is 0. The summed E-state index contributed by atoms with van der Waals surface area (Å²) in [5.41, 5.74) is 1.44. The van der Waals surface area contributed by atoms with E-state index in [1.807, 2.05) is 60.7 Å². The van der Waals surface area contributed by atoms with Crippen molar-refractivity contribution in [2.24, 2.45) is 4.99 Å². The molecule has 1 unspecified atom stereocenters. The number of aromatic hydroxyl groups is 1. The summed E-state index contributed by atoms with van der Waals surface area (Å²) in [6.07, 6.45) is 1.76. The van der Waals surface area contributed by atoms with Crippen LogP contribution in [0.4, 0.5) is 0 Å². The fourth-order valence-corrected chi connectivity index (χ4v) is 2.63. The number of phenols is 1. The van der Waals surface area contributed by atoms with Crippen LogP contribution in [0.15, 0.2) is 71.7 Å². The fourth-order valence-electron chi connectivity index (χ4n) is 2.63. The summed E-state index contributed by atoms with van der Waals surface area (Å²) in [6, 6.07) is 19.5. The molecule has 6 nitrogen and oxygen atoms in total. The van der Waals surface area contributed by atoms with E-state index in [2.05, 4.69) is 4.99 Å². The fraction of sp³-hybridized carbons (Fsp3) is 0.100. The van der Waals surface area contributed by atoms with Gasteiger partial charge in [-0.15, -0.1) is 0 Å². The second kappa shape index (κ2) is 11.0. The summed E-state index contributed by atoms with van der Waals surface area (Å²) < 4.78 is 8.19. The molecular formula is C20H19NO5V. The molecule has 139 valence electrons. The van der Waals surface area contributed by atoms with E-state index in [-0.39, 0.29) is 11.2 Å². The van der Waals surface area contributed by atoms with Crippen LogP contribution in [0.2, 0.25) is 0 Å². The number of nitrogens with zero attached hydrogens (tertiary/aromatic N) is 1. The van der Waals surface area contributed by atoms with Crippen molar-refractivity contribution >= 4 is 23.0 Å². The first-order valence-electron chi connectivity index (χ1n) is 7.84. The van der Waals surface area contributed by atoms with Crippen molar-refractivity contribution in [3.63, 3.8) is 0 Å². The Morgan fingerprint density at radius 1 is 1.00 bits per heavy atom. The van der Waals surface area contributed by atoms with Crippen molar-refractivity contribution in [1.29, 1.82) is 0 Å². The Hall–Kier alpha value is -2.80. The first-order valence-corrected chi connectivity index (χ1v) is 8.41. The molecule has 0 aliphatic rings. The van der Waals surface area contributed by atoms with Gasteiger partial charge >= 0.3 is 27.0 Å². The first kappa shape index (κ1) is 22.2. The van der Waals surface area contributed by atoms with E-state index in [9.17, 15) is 15.0 Å². The molecule has 0 heterocycles. The number of hydrogen-bond acceptors (Lipinski definition) is 4. The van der Waals surface area contributed by atoms with Gasteiger partial charge in [-0.2, -0.15) is 0 Å².